The van der Waals surface area contributed by atoms with E-state index in [1.165, 1.54) is 5.56 Å². The number of hydrogen-bond donors (Lipinski definition) is 1. The van der Waals surface area contributed by atoms with Crippen molar-refractivity contribution in [3.63, 3.8) is 0 Å². The van der Waals surface area contributed by atoms with Gasteiger partial charge in [-0.05, 0) is 47.1 Å². The molecule has 94 valence electrons. The fourth-order valence-corrected chi connectivity index (χ4v) is 2.84. The molecule has 0 bridgehead atoms. The summed E-state index contributed by atoms with van der Waals surface area (Å²) in [5.41, 5.74) is 1.34. The van der Waals surface area contributed by atoms with Crippen LogP contribution in [0.5, 0.6) is 5.75 Å². The van der Waals surface area contributed by atoms with E-state index in [1.54, 1.807) is 7.11 Å². The fraction of sp³-hybridized carbons (Fsp3) is 0.538. The maximum atomic E-state index is 5.24. The summed E-state index contributed by atoms with van der Waals surface area (Å²) in [7, 11) is 3.87. The zero-order valence-corrected chi connectivity index (χ0v) is 12.0. The van der Waals surface area contributed by atoms with Crippen molar-refractivity contribution in [1.82, 2.24) is 10.2 Å². The number of hydrogen-bond acceptors (Lipinski definition) is 3. The summed E-state index contributed by atoms with van der Waals surface area (Å²) in [6.07, 6.45) is 1.06. The van der Waals surface area contributed by atoms with Crippen LogP contribution >= 0.6 is 15.9 Å². The summed E-state index contributed by atoms with van der Waals surface area (Å²) in [6, 6.07) is 6.86. The molecule has 1 unspecified atom stereocenters. The first kappa shape index (κ1) is 12.9. The lowest BCUT2D eigenvalue weighted by Crippen LogP contribution is -2.49. The second kappa shape index (κ2) is 5.85. The third kappa shape index (κ3) is 3.44. The van der Waals surface area contributed by atoms with Gasteiger partial charge in [0.2, 0.25) is 0 Å². The minimum Gasteiger partial charge on any atom is -0.496 e. The maximum Gasteiger partial charge on any atom is 0.133 e. The summed E-state index contributed by atoms with van der Waals surface area (Å²) < 4.78 is 6.27. The summed E-state index contributed by atoms with van der Waals surface area (Å²) in [5.74, 6) is 0.891. The molecule has 1 fully saturated rings. The molecule has 0 aromatic heterocycles. The molecule has 1 N–H and O–H groups in total. The van der Waals surface area contributed by atoms with Crippen molar-refractivity contribution in [1.29, 1.82) is 0 Å². The molecule has 1 saturated heterocycles. The molecule has 3 nitrogen and oxygen atoms in total. The Balaban J connectivity index is 2.00. The summed E-state index contributed by atoms with van der Waals surface area (Å²) >= 11 is 3.53. The van der Waals surface area contributed by atoms with E-state index in [0.717, 1.165) is 36.3 Å². The van der Waals surface area contributed by atoms with E-state index in [1.807, 2.05) is 6.07 Å². The Bertz CT molecular complexity index is 384. The zero-order chi connectivity index (χ0) is 12.3. The molecule has 0 radical (unpaired) electrons. The lowest BCUT2D eigenvalue weighted by molar-refractivity contribution is 0.238. The number of benzene rings is 1. The van der Waals surface area contributed by atoms with Crippen LogP contribution in [0.2, 0.25) is 0 Å². The Hall–Kier alpha value is -0.580. The van der Waals surface area contributed by atoms with Crippen LogP contribution in [-0.2, 0) is 6.42 Å². The van der Waals surface area contributed by atoms with Crippen LogP contribution in [0.15, 0.2) is 22.7 Å². The van der Waals surface area contributed by atoms with Gasteiger partial charge in [0.05, 0.1) is 11.6 Å². The minimum atomic E-state index is 0.550. The standard InChI is InChI=1S/C13H19BrN2O/c1-16-6-5-15-11(9-16)7-10-3-4-13(17-2)12(14)8-10/h3-4,8,11,15H,5-7,9H2,1-2H3. The van der Waals surface area contributed by atoms with Crippen molar-refractivity contribution in [2.75, 3.05) is 33.8 Å². The largest absolute Gasteiger partial charge is 0.496 e. The van der Waals surface area contributed by atoms with E-state index in [-0.39, 0.29) is 0 Å². The van der Waals surface area contributed by atoms with Gasteiger partial charge in [0.1, 0.15) is 5.75 Å². The van der Waals surface area contributed by atoms with Crippen LogP contribution in [0.1, 0.15) is 5.56 Å². The number of halogens is 1. The van der Waals surface area contributed by atoms with Gasteiger partial charge in [0.15, 0.2) is 0 Å². The van der Waals surface area contributed by atoms with Gasteiger partial charge in [-0.15, -0.1) is 0 Å². The Morgan fingerprint density at radius 3 is 3.00 bits per heavy atom. The highest BCUT2D eigenvalue weighted by Crippen LogP contribution is 2.26. The zero-order valence-electron chi connectivity index (χ0n) is 10.4. The fourth-order valence-electron chi connectivity index (χ4n) is 2.25. The first-order chi connectivity index (χ1) is 8.19. The van der Waals surface area contributed by atoms with Crippen molar-refractivity contribution < 1.29 is 4.74 Å². The highest BCUT2D eigenvalue weighted by Gasteiger charge is 2.16. The van der Waals surface area contributed by atoms with E-state index in [0.29, 0.717) is 6.04 Å². The van der Waals surface area contributed by atoms with Crippen LogP contribution in [0, 0.1) is 0 Å². The van der Waals surface area contributed by atoms with Crippen molar-refractivity contribution in [3.05, 3.63) is 28.2 Å². The summed E-state index contributed by atoms with van der Waals surface area (Å²) in [5, 5.41) is 3.56. The molecule has 0 saturated carbocycles. The number of nitrogens with one attached hydrogen (secondary N) is 1. The van der Waals surface area contributed by atoms with Crippen molar-refractivity contribution >= 4 is 15.9 Å². The topological polar surface area (TPSA) is 24.5 Å². The normalized spacial score (nSPS) is 21.5. The third-order valence-corrected chi connectivity index (χ3v) is 3.78. The Morgan fingerprint density at radius 1 is 1.53 bits per heavy atom. The van der Waals surface area contributed by atoms with Gasteiger partial charge in [0.25, 0.3) is 0 Å². The van der Waals surface area contributed by atoms with E-state index < -0.39 is 0 Å². The number of ether oxygens (including phenoxy) is 1. The highest BCUT2D eigenvalue weighted by molar-refractivity contribution is 9.10. The quantitative estimate of drug-likeness (QED) is 0.922. The minimum absolute atomic E-state index is 0.550. The van der Waals surface area contributed by atoms with E-state index in [9.17, 15) is 0 Å². The Morgan fingerprint density at radius 2 is 2.35 bits per heavy atom. The second-order valence-electron chi connectivity index (χ2n) is 4.59. The molecule has 0 aliphatic carbocycles. The van der Waals surface area contributed by atoms with Crippen LogP contribution in [0.25, 0.3) is 0 Å². The Kier molecular flexibility index (Phi) is 4.42. The second-order valence-corrected chi connectivity index (χ2v) is 5.44. The molecule has 1 aliphatic rings. The average Bonchev–Trinajstić information content (AvgIpc) is 2.29. The van der Waals surface area contributed by atoms with Crippen LogP contribution in [0.3, 0.4) is 0 Å². The molecule has 1 aromatic rings. The van der Waals surface area contributed by atoms with Gasteiger partial charge in [-0.1, -0.05) is 6.07 Å². The molecular weight excluding hydrogens is 280 g/mol. The summed E-state index contributed by atoms with van der Waals surface area (Å²) in [4.78, 5) is 2.37. The first-order valence-corrected chi connectivity index (χ1v) is 6.72. The monoisotopic (exact) mass is 298 g/mol. The lowest BCUT2D eigenvalue weighted by atomic mass is 10.0. The smallest absolute Gasteiger partial charge is 0.133 e. The Labute approximate surface area is 111 Å². The van der Waals surface area contributed by atoms with Gasteiger partial charge in [-0.2, -0.15) is 0 Å². The van der Waals surface area contributed by atoms with Crippen LogP contribution in [0.4, 0.5) is 0 Å². The SMILES string of the molecule is COc1ccc(CC2CN(C)CCN2)cc1Br. The summed E-state index contributed by atoms with van der Waals surface area (Å²) in [6.45, 7) is 3.34. The van der Waals surface area contributed by atoms with Crippen molar-refractivity contribution in [3.8, 4) is 5.75 Å². The van der Waals surface area contributed by atoms with Crippen molar-refractivity contribution in [2.45, 2.75) is 12.5 Å². The van der Waals surface area contributed by atoms with Crippen LogP contribution in [-0.4, -0.2) is 44.7 Å². The molecule has 1 aromatic carbocycles. The number of piperazine rings is 1. The number of rotatable bonds is 3. The molecule has 17 heavy (non-hydrogen) atoms. The molecule has 4 heteroatoms. The molecule has 0 amide bonds. The molecule has 1 atom stereocenters. The average molecular weight is 299 g/mol. The molecule has 1 heterocycles. The number of likely N-dealkylation sites (N-methyl/N-ethyl adjacent to an activating group) is 1. The first-order valence-electron chi connectivity index (χ1n) is 5.93. The van der Waals surface area contributed by atoms with Crippen molar-refractivity contribution in [2.24, 2.45) is 0 Å². The van der Waals surface area contributed by atoms with E-state index in [4.69, 9.17) is 4.74 Å². The molecule has 1 aliphatic heterocycles. The van der Waals surface area contributed by atoms with Crippen LogP contribution < -0.4 is 10.1 Å². The van der Waals surface area contributed by atoms with Gasteiger partial charge in [-0.25, -0.2) is 0 Å². The van der Waals surface area contributed by atoms with E-state index in [2.05, 4.69) is 45.3 Å². The van der Waals surface area contributed by atoms with Gasteiger partial charge in [-0.3, -0.25) is 0 Å². The molecular formula is C13H19BrN2O. The molecule has 2 rings (SSSR count). The molecule has 0 spiro atoms. The number of methoxy groups -OCH3 is 1. The number of nitrogens with zero attached hydrogens (tertiary/aromatic N) is 1. The predicted octanol–water partition coefficient (Wildman–Crippen LogP) is 1.90. The maximum absolute atomic E-state index is 5.24. The highest BCUT2D eigenvalue weighted by atomic mass is 79.9. The third-order valence-electron chi connectivity index (χ3n) is 3.16. The predicted molar refractivity (Wildman–Crippen MR) is 73.7 cm³/mol. The van der Waals surface area contributed by atoms with E-state index >= 15 is 0 Å². The van der Waals surface area contributed by atoms with Gasteiger partial charge < -0.3 is 15.0 Å². The van der Waals surface area contributed by atoms with Gasteiger partial charge >= 0.3 is 0 Å². The lowest BCUT2D eigenvalue weighted by Gasteiger charge is -2.31. The van der Waals surface area contributed by atoms with Gasteiger partial charge in [0, 0.05) is 25.7 Å².